The second-order valence-corrected chi connectivity index (χ2v) is 5.46. The molecule has 0 radical (unpaired) electrons. The summed E-state index contributed by atoms with van der Waals surface area (Å²) in [5.41, 5.74) is 1.92. The number of pyridine rings is 1. The van der Waals surface area contributed by atoms with Crippen molar-refractivity contribution in [2.45, 2.75) is 13.0 Å². The molecule has 0 saturated carbocycles. The van der Waals surface area contributed by atoms with Gasteiger partial charge >= 0.3 is 0 Å². The third-order valence-corrected chi connectivity index (χ3v) is 3.87. The van der Waals surface area contributed by atoms with E-state index in [1.165, 1.54) is 6.08 Å². The van der Waals surface area contributed by atoms with Crippen LogP contribution in [0.1, 0.15) is 12.5 Å². The highest BCUT2D eigenvalue weighted by atomic mass is 19.1. The summed E-state index contributed by atoms with van der Waals surface area (Å²) in [6.07, 6.45) is 5.09. The molecule has 3 heterocycles. The molecule has 0 N–H and O–H groups in total. The Kier molecular flexibility index (Phi) is 3.92. The van der Waals surface area contributed by atoms with Crippen LogP contribution in [-0.2, 0) is 0 Å². The number of allylic oxidation sites excluding steroid dienone is 2. The summed E-state index contributed by atoms with van der Waals surface area (Å²) in [5, 5.41) is 0. The molecule has 2 aliphatic rings. The number of likely N-dealkylation sites (tertiary alicyclic amines) is 1. The van der Waals surface area contributed by atoms with E-state index in [1.807, 2.05) is 25.1 Å². The quantitative estimate of drug-likeness (QED) is 0.850. The van der Waals surface area contributed by atoms with Crippen LogP contribution in [0.25, 0.3) is 5.70 Å². The second kappa shape index (κ2) is 5.85. The molecule has 0 bridgehead atoms. The van der Waals surface area contributed by atoms with Crippen molar-refractivity contribution >= 4 is 5.70 Å². The largest absolute Gasteiger partial charge is 0.477 e. The number of likely N-dealkylation sites (N-methyl/N-ethyl adjacent to an activating group) is 1. The maximum atomic E-state index is 13.7. The highest BCUT2D eigenvalue weighted by Gasteiger charge is 2.33. The molecule has 5 heteroatoms. The van der Waals surface area contributed by atoms with Crippen LogP contribution < -0.4 is 4.74 Å². The molecule has 1 fully saturated rings. The summed E-state index contributed by atoms with van der Waals surface area (Å²) in [7, 11) is 2.08. The summed E-state index contributed by atoms with van der Waals surface area (Å²) < 4.78 is 19.3. The molecular formula is C16H20FN3O. The van der Waals surface area contributed by atoms with Gasteiger partial charge in [0.1, 0.15) is 5.83 Å². The number of rotatable bonds is 4. The maximum absolute atomic E-state index is 13.7. The first kappa shape index (κ1) is 14.1. The van der Waals surface area contributed by atoms with E-state index in [9.17, 15) is 4.39 Å². The lowest BCUT2D eigenvalue weighted by Gasteiger charge is -2.46. The third-order valence-electron chi connectivity index (χ3n) is 3.87. The molecule has 1 saturated heterocycles. The molecule has 0 aliphatic carbocycles. The van der Waals surface area contributed by atoms with Gasteiger partial charge in [0.25, 0.3) is 0 Å². The van der Waals surface area contributed by atoms with Crippen molar-refractivity contribution < 1.29 is 9.13 Å². The summed E-state index contributed by atoms with van der Waals surface area (Å²) in [4.78, 5) is 8.65. The van der Waals surface area contributed by atoms with E-state index in [-0.39, 0.29) is 5.83 Å². The Balaban J connectivity index is 1.94. The van der Waals surface area contributed by atoms with E-state index >= 15 is 0 Å². The van der Waals surface area contributed by atoms with Gasteiger partial charge in [-0.25, -0.2) is 9.37 Å². The van der Waals surface area contributed by atoms with Crippen LogP contribution in [0.5, 0.6) is 5.88 Å². The van der Waals surface area contributed by atoms with Crippen LogP contribution in [0.15, 0.2) is 36.3 Å². The molecule has 2 aliphatic heterocycles. The average Bonchev–Trinajstić information content (AvgIpc) is 2.45. The second-order valence-electron chi connectivity index (χ2n) is 5.46. The molecule has 3 rings (SSSR count). The van der Waals surface area contributed by atoms with Crippen molar-refractivity contribution in [2.24, 2.45) is 0 Å². The topological polar surface area (TPSA) is 28.6 Å². The first-order chi connectivity index (χ1) is 10.2. The van der Waals surface area contributed by atoms with Crippen molar-refractivity contribution in [1.29, 1.82) is 0 Å². The highest BCUT2D eigenvalue weighted by Crippen LogP contribution is 2.33. The summed E-state index contributed by atoms with van der Waals surface area (Å²) in [6, 6.07) is 4.21. The van der Waals surface area contributed by atoms with Gasteiger partial charge in [-0.3, -0.25) is 0 Å². The van der Waals surface area contributed by atoms with E-state index in [1.54, 1.807) is 6.20 Å². The maximum Gasteiger partial charge on any atom is 0.222 e. The average molecular weight is 289 g/mol. The van der Waals surface area contributed by atoms with Crippen LogP contribution in [0.4, 0.5) is 4.39 Å². The van der Waals surface area contributed by atoms with Gasteiger partial charge in [-0.2, -0.15) is 0 Å². The van der Waals surface area contributed by atoms with Crippen molar-refractivity contribution in [3.05, 3.63) is 41.9 Å². The minimum atomic E-state index is -0.102. The van der Waals surface area contributed by atoms with Crippen LogP contribution >= 0.6 is 0 Å². The third kappa shape index (κ3) is 2.78. The van der Waals surface area contributed by atoms with Gasteiger partial charge in [0.15, 0.2) is 0 Å². The zero-order valence-corrected chi connectivity index (χ0v) is 12.4. The van der Waals surface area contributed by atoms with Crippen LogP contribution in [0, 0.1) is 0 Å². The Morgan fingerprint density at radius 2 is 2.19 bits per heavy atom. The molecule has 4 nitrogen and oxygen atoms in total. The predicted octanol–water partition coefficient (Wildman–Crippen LogP) is 2.30. The zero-order valence-electron chi connectivity index (χ0n) is 12.4. The van der Waals surface area contributed by atoms with Gasteiger partial charge in [-0.1, -0.05) is 0 Å². The predicted molar refractivity (Wildman–Crippen MR) is 80.6 cm³/mol. The molecule has 0 spiro atoms. The summed E-state index contributed by atoms with van der Waals surface area (Å²) >= 11 is 0. The van der Waals surface area contributed by atoms with Gasteiger partial charge in [0, 0.05) is 19.3 Å². The normalized spacial score (nSPS) is 19.9. The summed E-state index contributed by atoms with van der Waals surface area (Å²) in [6.45, 7) is 4.73. The number of aromatic nitrogens is 1. The molecule has 112 valence electrons. The Labute approximate surface area is 124 Å². The fraction of sp³-hybridized carbons (Fsp3) is 0.438. The van der Waals surface area contributed by atoms with E-state index in [0.29, 0.717) is 25.1 Å². The Bertz CT molecular complexity index is 579. The van der Waals surface area contributed by atoms with Crippen molar-refractivity contribution in [3.8, 4) is 5.88 Å². The number of hydrogen-bond donors (Lipinski definition) is 0. The van der Waals surface area contributed by atoms with Crippen LogP contribution in [0.2, 0.25) is 0 Å². The SMILES string of the molecule is CCOc1ncccc1C1=CC=C(F)CN1C1CN(C)C1. The van der Waals surface area contributed by atoms with E-state index in [4.69, 9.17) is 4.74 Å². The van der Waals surface area contributed by atoms with Gasteiger partial charge < -0.3 is 14.5 Å². The van der Waals surface area contributed by atoms with E-state index < -0.39 is 0 Å². The standard InChI is InChI=1S/C16H20FN3O/c1-3-21-16-14(5-4-8-18-16)15-7-6-12(17)9-20(15)13-10-19(2)11-13/h4-8,13H,3,9-11H2,1-2H3. The molecule has 0 amide bonds. The highest BCUT2D eigenvalue weighted by molar-refractivity contribution is 5.71. The molecule has 21 heavy (non-hydrogen) atoms. The lowest BCUT2D eigenvalue weighted by molar-refractivity contribution is 0.0927. The molecule has 1 aromatic rings. The molecular weight excluding hydrogens is 269 g/mol. The Hall–Kier alpha value is -1.88. The summed E-state index contributed by atoms with van der Waals surface area (Å²) in [5.74, 6) is 0.509. The minimum Gasteiger partial charge on any atom is -0.477 e. The Morgan fingerprint density at radius 3 is 2.90 bits per heavy atom. The van der Waals surface area contributed by atoms with Gasteiger partial charge in [0.05, 0.1) is 30.5 Å². The number of hydrogen-bond acceptors (Lipinski definition) is 4. The fourth-order valence-corrected chi connectivity index (χ4v) is 2.84. The van der Waals surface area contributed by atoms with E-state index in [2.05, 4.69) is 21.8 Å². The number of halogens is 1. The monoisotopic (exact) mass is 289 g/mol. The van der Waals surface area contributed by atoms with Crippen LogP contribution in [-0.4, -0.2) is 54.1 Å². The first-order valence-corrected chi connectivity index (χ1v) is 7.28. The Morgan fingerprint density at radius 1 is 1.38 bits per heavy atom. The fourth-order valence-electron chi connectivity index (χ4n) is 2.84. The minimum absolute atomic E-state index is 0.102. The smallest absolute Gasteiger partial charge is 0.222 e. The van der Waals surface area contributed by atoms with Gasteiger partial charge in [-0.15, -0.1) is 0 Å². The molecule has 0 aromatic carbocycles. The molecule has 1 aromatic heterocycles. The zero-order chi connectivity index (χ0) is 14.8. The van der Waals surface area contributed by atoms with Gasteiger partial charge in [0.2, 0.25) is 5.88 Å². The first-order valence-electron chi connectivity index (χ1n) is 7.28. The number of nitrogens with zero attached hydrogens (tertiary/aromatic N) is 3. The van der Waals surface area contributed by atoms with Crippen molar-refractivity contribution in [3.63, 3.8) is 0 Å². The number of ether oxygens (including phenoxy) is 1. The van der Waals surface area contributed by atoms with Gasteiger partial charge in [-0.05, 0) is 38.3 Å². The van der Waals surface area contributed by atoms with Crippen molar-refractivity contribution in [2.75, 3.05) is 33.3 Å². The molecule has 0 unspecified atom stereocenters. The lowest BCUT2D eigenvalue weighted by Crippen LogP contribution is -2.57. The van der Waals surface area contributed by atoms with E-state index in [0.717, 1.165) is 24.4 Å². The molecule has 0 atom stereocenters. The lowest BCUT2D eigenvalue weighted by atomic mass is 10.0. The van der Waals surface area contributed by atoms with Crippen molar-refractivity contribution in [1.82, 2.24) is 14.8 Å². The van der Waals surface area contributed by atoms with Crippen LogP contribution in [0.3, 0.4) is 0 Å².